The SMILES string of the molecule is C=CCC[C@@]1(C)CC=CC=CC(O)=C1NC(=O)OC(C)(C)C. The van der Waals surface area contributed by atoms with Gasteiger partial charge in [-0.25, -0.2) is 4.79 Å². The molecule has 2 N–H and O–H groups in total. The average Bonchev–Trinajstić information content (AvgIpc) is 2.38. The minimum absolute atomic E-state index is 0.0572. The fourth-order valence-electron chi connectivity index (χ4n) is 2.32. The van der Waals surface area contributed by atoms with E-state index >= 15 is 0 Å². The molecule has 0 spiro atoms. The Balaban J connectivity index is 3.07. The molecule has 0 aromatic carbocycles. The molecule has 0 fully saturated rings. The van der Waals surface area contributed by atoms with Crippen LogP contribution in [0.15, 0.2) is 48.4 Å². The third kappa shape index (κ3) is 5.43. The van der Waals surface area contributed by atoms with Gasteiger partial charge in [0, 0.05) is 5.41 Å². The number of carbonyl (C=O) groups excluding carboxylic acids is 1. The van der Waals surface area contributed by atoms with Gasteiger partial charge in [0.1, 0.15) is 11.4 Å². The Hall–Kier alpha value is -1.97. The molecule has 0 heterocycles. The van der Waals surface area contributed by atoms with Crippen molar-refractivity contribution in [3.05, 3.63) is 48.4 Å². The number of aliphatic hydroxyl groups is 1. The van der Waals surface area contributed by atoms with Gasteiger partial charge >= 0.3 is 6.09 Å². The first kappa shape index (κ1) is 18.1. The van der Waals surface area contributed by atoms with Gasteiger partial charge in [-0.05, 0) is 46.1 Å². The molecule has 22 heavy (non-hydrogen) atoms. The lowest BCUT2D eigenvalue weighted by Gasteiger charge is -2.33. The third-order valence-electron chi connectivity index (χ3n) is 3.46. The van der Waals surface area contributed by atoms with Gasteiger partial charge in [0.15, 0.2) is 0 Å². The summed E-state index contributed by atoms with van der Waals surface area (Å²) in [5.74, 6) is 0.0572. The summed E-state index contributed by atoms with van der Waals surface area (Å²) < 4.78 is 5.30. The standard InChI is InChI=1S/C18H27NO3/c1-6-7-12-18(5)13-10-8-9-11-14(20)15(18)19-16(21)22-17(2,3)4/h6,8-11,20H,1,7,12-13H2,2-5H3,(H,19,21)/t18-/m0/s1. The van der Waals surface area contributed by atoms with Crippen molar-refractivity contribution >= 4 is 6.09 Å². The van der Waals surface area contributed by atoms with Gasteiger partial charge in [-0.3, -0.25) is 5.32 Å². The van der Waals surface area contributed by atoms with Gasteiger partial charge in [0.2, 0.25) is 0 Å². The van der Waals surface area contributed by atoms with Crippen LogP contribution in [0, 0.1) is 5.41 Å². The number of ether oxygens (including phenoxy) is 1. The number of carbonyl (C=O) groups is 1. The van der Waals surface area contributed by atoms with Gasteiger partial charge < -0.3 is 9.84 Å². The second-order valence-corrected chi connectivity index (χ2v) is 6.77. The first-order chi connectivity index (χ1) is 10.2. The van der Waals surface area contributed by atoms with Crippen molar-refractivity contribution in [1.82, 2.24) is 5.32 Å². The predicted molar refractivity (Wildman–Crippen MR) is 89.5 cm³/mol. The van der Waals surface area contributed by atoms with Crippen LogP contribution in [0.4, 0.5) is 4.79 Å². The predicted octanol–water partition coefficient (Wildman–Crippen LogP) is 4.77. The van der Waals surface area contributed by atoms with E-state index in [1.807, 2.05) is 25.2 Å². The fraction of sp³-hybridized carbons (Fsp3) is 0.500. The zero-order valence-electron chi connectivity index (χ0n) is 14.0. The molecule has 0 bridgehead atoms. The number of hydrogen-bond acceptors (Lipinski definition) is 3. The fourth-order valence-corrected chi connectivity index (χ4v) is 2.32. The maximum absolute atomic E-state index is 12.1. The van der Waals surface area contributed by atoms with Crippen molar-refractivity contribution < 1.29 is 14.6 Å². The van der Waals surface area contributed by atoms with E-state index in [0.29, 0.717) is 12.1 Å². The van der Waals surface area contributed by atoms with Crippen LogP contribution in [0.3, 0.4) is 0 Å². The zero-order valence-corrected chi connectivity index (χ0v) is 14.0. The number of allylic oxidation sites excluding steroid dienone is 6. The van der Waals surface area contributed by atoms with Crippen LogP contribution in [0.1, 0.15) is 47.0 Å². The summed E-state index contributed by atoms with van der Waals surface area (Å²) in [4.78, 5) is 12.1. The zero-order chi connectivity index (χ0) is 16.8. The summed E-state index contributed by atoms with van der Waals surface area (Å²) >= 11 is 0. The molecular formula is C18H27NO3. The quantitative estimate of drug-likeness (QED) is 0.736. The number of amides is 1. The lowest BCUT2D eigenvalue weighted by atomic mass is 9.77. The third-order valence-corrected chi connectivity index (χ3v) is 3.46. The molecule has 0 saturated heterocycles. The highest BCUT2D eigenvalue weighted by Crippen LogP contribution is 2.37. The molecule has 4 nitrogen and oxygen atoms in total. The highest BCUT2D eigenvalue weighted by Gasteiger charge is 2.32. The van der Waals surface area contributed by atoms with Crippen molar-refractivity contribution in [2.24, 2.45) is 5.41 Å². The highest BCUT2D eigenvalue weighted by molar-refractivity contribution is 5.70. The van der Waals surface area contributed by atoms with Gasteiger partial charge in [0.05, 0.1) is 5.70 Å². The van der Waals surface area contributed by atoms with Gasteiger partial charge in [0.25, 0.3) is 0 Å². The van der Waals surface area contributed by atoms with Crippen LogP contribution in [0.25, 0.3) is 0 Å². The Bertz CT molecular complexity index is 509. The summed E-state index contributed by atoms with van der Waals surface area (Å²) in [5, 5.41) is 13.1. The maximum atomic E-state index is 12.1. The van der Waals surface area contributed by atoms with Crippen molar-refractivity contribution in [1.29, 1.82) is 0 Å². The van der Waals surface area contributed by atoms with Crippen molar-refractivity contribution in [2.75, 3.05) is 0 Å². The van der Waals surface area contributed by atoms with Crippen LogP contribution < -0.4 is 5.32 Å². The summed E-state index contributed by atoms with van der Waals surface area (Å²) in [6, 6.07) is 0. The number of aliphatic hydroxyl groups excluding tert-OH is 1. The van der Waals surface area contributed by atoms with E-state index < -0.39 is 17.1 Å². The molecular weight excluding hydrogens is 278 g/mol. The Morgan fingerprint density at radius 3 is 2.77 bits per heavy atom. The Kier molecular flexibility index (Phi) is 6.03. The summed E-state index contributed by atoms with van der Waals surface area (Å²) in [6.07, 6.45) is 10.8. The monoisotopic (exact) mass is 305 g/mol. The van der Waals surface area contributed by atoms with E-state index in [9.17, 15) is 9.90 Å². The second-order valence-electron chi connectivity index (χ2n) is 6.77. The second kappa shape index (κ2) is 7.34. The first-order valence-electron chi connectivity index (χ1n) is 7.56. The van der Waals surface area contributed by atoms with Crippen LogP contribution in [-0.4, -0.2) is 16.8 Å². The van der Waals surface area contributed by atoms with E-state index in [0.717, 1.165) is 12.8 Å². The number of rotatable bonds is 4. The summed E-state index contributed by atoms with van der Waals surface area (Å²) in [5.41, 5.74) is -0.491. The van der Waals surface area contributed by atoms with Crippen LogP contribution in [-0.2, 0) is 4.74 Å². The Morgan fingerprint density at radius 2 is 2.18 bits per heavy atom. The summed E-state index contributed by atoms with van der Waals surface area (Å²) in [7, 11) is 0. The van der Waals surface area contributed by atoms with E-state index in [-0.39, 0.29) is 5.76 Å². The highest BCUT2D eigenvalue weighted by atomic mass is 16.6. The molecule has 1 amide bonds. The Morgan fingerprint density at radius 1 is 1.50 bits per heavy atom. The van der Waals surface area contributed by atoms with Crippen LogP contribution in [0.5, 0.6) is 0 Å². The largest absolute Gasteiger partial charge is 0.506 e. The maximum Gasteiger partial charge on any atom is 0.412 e. The molecule has 122 valence electrons. The van der Waals surface area contributed by atoms with E-state index in [1.54, 1.807) is 32.9 Å². The minimum atomic E-state index is -0.588. The number of hydrogen-bond donors (Lipinski definition) is 2. The minimum Gasteiger partial charge on any atom is -0.506 e. The molecule has 0 saturated carbocycles. The lowest BCUT2D eigenvalue weighted by Crippen LogP contribution is -2.38. The average molecular weight is 305 g/mol. The smallest absolute Gasteiger partial charge is 0.412 e. The molecule has 0 unspecified atom stereocenters. The molecule has 1 rings (SSSR count). The lowest BCUT2D eigenvalue weighted by molar-refractivity contribution is 0.0526. The molecule has 1 aliphatic rings. The van der Waals surface area contributed by atoms with Crippen molar-refractivity contribution in [3.8, 4) is 0 Å². The summed E-state index contributed by atoms with van der Waals surface area (Å²) in [6.45, 7) is 11.2. The van der Waals surface area contributed by atoms with Crippen LogP contribution in [0.2, 0.25) is 0 Å². The van der Waals surface area contributed by atoms with Crippen molar-refractivity contribution in [2.45, 2.75) is 52.6 Å². The molecule has 0 radical (unpaired) electrons. The Labute approximate surface area is 133 Å². The number of alkyl carbamates (subject to hydrolysis) is 1. The van der Waals surface area contributed by atoms with Crippen molar-refractivity contribution in [3.63, 3.8) is 0 Å². The topological polar surface area (TPSA) is 58.6 Å². The first-order valence-corrected chi connectivity index (χ1v) is 7.56. The normalized spacial score (nSPS) is 22.0. The number of nitrogens with one attached hydrogen (secondary N) is 1. The van der Waals surface area contributed by atoms with E-state index in [1.165, 1.54) is 0 Å². The van der Waals surface area contributed by atoms with E-state index in [2.05, 4.69) is 11.9 Å². The van der Waals surface area contributed by atoms with Gasteiger partial charge in [-0.1, -0.05) is 31.2 Å². The molecule has 0 aliphatic heterocycles. The van der Waals surface area contributed by atoms with Crippen LogP contribution >= 0.6 is 0 Å². The van der Waals surface area contributed by atoms with E-state index in [4.69, 9.17) is 4.74 Å². The molecule has 0 aromatic heterocycles. The molecule has 1 atom stereocenters. The van der Waals surface area contributed by atoms with Gasteiger partial charge in [-0.2, -0.15) is 0 Å². The molecule has 0 aromatic rings. The molecule has 4 heteroatoms. The van der Waals surface area contributed by atoms with Gasteiger partial charge in [-0.15, -0.1) is 6.58 Å². The molecule has 1 aliphatic carbocycles.